The van der Waals surface area contributed by atoms with Crippen LogP contribution < -0.4 is 5.32 Å². The lowest BCUT2D eigenvalue weighted by molar-refractivity contribution is -0.134. The van der Waals surface area contributed by atoms with Gasteiger partial charge in [-0.2, -0.15) is 0 Å². The fraction of sp³-hybridized carbons (Fsp3) is 0.375. The standard InChI is InChI=1S/C24H28N4O3/c1-14-16(3)31-22(12-21(14)29)18-9-7-17(8-10-18)19-13-26-23(27-19)20-6-5-11-28(20)24(30)15(2)25-4/h7-10,13,15,20,22,25H,1,3,5-6,11-12H2,2,4H3,(H,26,27). The van der Waals surface area contributed by atoms with Crippen LogP contribution in [0.2, 0.25) is 0 Å². The normalized spacial score (nSPS) is 22.5. The Hall–Kier alpha value is -3.19. The summed E-state index contributed by atoms with van der Waals surface area (Å²) < 4.78 is 5.76. The highest BCUT2D eigenvalue weighted by atomic mass is 16.5. The maximum atomic E-state index is 12.7. The van der Waals surface area contributed by atoms with Gasteiger partial charge in [-0.3, -0.25) is 9.59 Å². The number of Topliss-reactive ketones (excluding diaryl/α,β-unsaturated/α-hetero) is 1. The molecule has 2 aromatic rings. The third kappa shape index (κ3) is 4.05. The molecule has 0 spiro atoms. The van der Waals surface area contributed by atoms with Gasteiger partial charge >= 0.3 is 0 Å². The lowest BCUT2D eigenvalue weighted by Gasteiger charge is -2.26. The van der Waals surface area contributed by atoms with Crippen LogP contribution in [0, 0.1) is 0 Å². The maximum absolute atomic E-state index is 12.7. The predicted octanol–water partition coefficient (Wildman–Crippen LogP) is 3.45. The summed E-state index contributed by atoms with van der Waals surface area (Å²) in [6.45, 7) is 10.1. The van der Waals surface area contributed by atoms with E-state index < -0.39 is 0 Å². The molecule has 162 valence electrons. The molecular weight excluding hydrogens is 392 g/mol. The molecule has 3 heterocycles. The van der Waals surface area contributed by atoms with Gasteiger partial charge in [-0.1, -0.05) is 37.4 Å². The first-order valence-electron chi connectivity index (χ1n) is 10.6. The van der Waals surface area contributed by atoms with Gasteiger partial charge in [-0.05, 0) is 37.9 Å². The number of imidazole rings is 1. The molecule has 7 nitrogen and oxygen atoms in total. The minimum absolute atomic E-state index is 0.0305. The zero-order valence-electron chi connectivity index (χ0n) is 18.0. The molecular formula is C24H28N4O3. The molecule has 0 bridgehead atoms. The number of nitrogens with zero attached hydrogens (tertiary/aromatic N) is 2. The van der Waals surface area contributed by atoms with Gasteiger partial charge in [0, 0.05) is 6.54 Å². The second-order valence-corrected chi connectivity index (χ2v) is 8.14. The van der Waals surface area contributed by atoms with Crippen molar-refractivity contribution >= 4 is 11.7 Å². The van der Waals surface area contributed by atoms with Gasteiger partial charge in [-0.25, -0.2) is 4.98 Å². The number of allylic oxidation sites excluding steroid dienone is 1. The Morgan fingerprint density at radius 2 is 2.06 bits per heavy atom. The third-order valence-electron chi connectivity index (χ3n) is 6.17. The summed E-state index contributed by atoms with van der Waals surface area (Å²) in [7, 11) is 1.79. The zero-order chi connectivity index (χ0) is 22.1. The van der Waals surface area contributed by atoms with E-state index in [0.29, 0.717) is 11.3 Å². The molecule has 2 aliphatic rings. The summed E-state index contributed by atoms with van der Waals surface area (Å²) in [5, 5.41) is 3.02. The van der Waals surface area contributed by atoms with Crippen LogP contribution in [0.4, 0.5) is 0 Å². The number of H-pyrrole nitrogens is 1. The van der Waals surface area contributed by atoms with Crippen molar-refractivity contribution in [1.29, 1.82) is 0 Å². The number of aromatic nitrogens is 2. The second kappa shape index (κ2) is 8.51. The van der Waals surface area contributed by atoms with Crippen molar-refractivity contribution in [2.75, 3.05) is 13.6 Å². The Bertz CT molecular complexity index is 1000. The van der Waals surface area contributed by atoms with Crippen LogP contribution in [0.1, 0.15) is 49.7 Å². The van der Waals surface area contributed by atoms with Crippen molar-refractivity contribution in [3.63, 3.8) is 0 Å². The summed E-state index contributed by atoms with van der Waals surface area (Å²) in [6, 6.07) is 7.62. The molecule has 0 radical (unpaired) electrons. The van der Waals surface area contributed by atoms with E-state index in [1.165, 1.54) is 0 Å². The smallest absolute Gasteiger partial charge is 0.240 e. The molecule has 2 aliphatic heterocycles. The highest BCUT2D eigenvalue weighted by Gasteiger charge is 2.34. The van der Waals surface area contributed by atoms with Crippen molar-refractivity contribution in [3.05, 3.63) is 66.3 Å². The molecule has 3 unspecified atom stereocenters. The molecule has 4 rings (SSSR count). The van der Waals surface area contributed by atoms with Crippen LogP contribution in [0.3, 0.4) is 0 Å². The van der Waals surface area contributed by atoms with Gasteiger partial charge in [0.15, 0.2) is 5.78 Å². The summed E-state index contributed by atoms with van der Waals surface area (Å²) in [5.74, 6) is 1.21. The first-order chi connectivity index (χ1) is 14.9. The average molecular weight is 421 g/mol. The number of hydrogen-bond acceptors (Lipinski definition) is 5. The van der Waals surface area contributed by atoms with Crippen LogP contribution in [-0.2, 0) is 14.3 Å². The quantitative estimate of drug-likeness (QED) is 0.724. The summed E-state index contributed by atoms with van der Waals surface area (Å²) in [6.07, 6.45) is 3.59. The summed E-state index contributed by atoms with van der Waals surface area (Å²) >= 11 is 0. The van der Waals surface area contributed by atoms with E-state index in [0.717, 1.165) is 42.0 Å². The largest absolute Gasteiger partial charge is 0.485 e. The van der Waals surface area contributed by atoms with E-state index in [2.05, 4.69) is 28.4 Å². The van der Waals surface area contributed by atoms with Crippen molar-refractivity contribution in [1.82, 2.24) is 20.2 Å². The molecule has 0 aliphatic carbocycles. The molecule has 2 N–H and O–H groups in total. The van der Waals surface area contributed by atoms with E-state index in [1.807, 2.05) is 36.1 Å². The lowest BCUT2D eigenvalue weighted by Crippen LogP contribution is -2.43. The number of ketones is 1. The van der Waals surface area contributed by atoms with E-state index >= 15 is 0 Å². The predicted molar refractivity (Wildman–Crippen MR) is 118 cm³/mol. The van der Waals surface area contributed by atoms with Crippen molar-refractivity contribution in [2.24, 2.45) is 0 Å². The van der Waals surface area contributed by atoms with E-state index in [9.17, 15) is 9.59 Å². The number of rotatable bonds is 5. The Morgan fingerprint density at radius 3 is 2.74 bits per heavy atom. The second-order valence-electron chi connectivity index (χ2n) is 8.14. The number of likely N-dealkylation sites (N-methyl/N-ethyl adjacent to an activating group) is 1. The number of ether oxygens (including phenoxy) is 1. The van der Waals surface area contributed by atoms with Crippen molar-refractivity contribution in [3.8, 4) is 11.3 Å². The number of carbonyl (C=O) groups is 2. The summed E-state index contributed by atoms with van der Waals surface area (Å²) in [5.41, 5.74) is 3.13. The number of benzene rings is 1. The maximum Gasteiger partial charge on any atom is 0.240 e. The molecule has 3 atom stereocenters. The minimum Gasteiger partial charge on any atom is -0.485 e. The van der Waals surface area contributed by atoms with Crippen LogP contribution in [0.5, 0.6) is 0 Å². The molecule has 0 saturated carbocycles. The number of aromatic amines is 1. The number of amides is 1. The fourth-order valence-corrected chi connectivity index (χ4v) is 4.13. The van der Waals surface area contributed by atoms with E-state index in [4.69, 9.17) is 4.74 Å². The van der Waals surface area contributed by atoms with Gasteiger partial charge in [-0.15, -0.1) is 0 Å². The van der Waals surface area contributed by atoms with E-state index in [-0.39, 0.29) is 36.3 Å². The molecule has 2 fully saturated rings. The van der Waals surface area contributed by atoms with E-state index in [1.54, 1.807) is 13.2 Å². The first kappa shape index (κ1) is 21.1. The molecule has 1 amide bonds. The van der Waals surface area contributed by atoms with Crippen LogP contribution in [0.15, 0.2) is 55.0 Å². The average Bonchev–Trinajstić information content (AvgIpc) is 3.45. The van der Waals surface area contributed by atoms with Gasteiger partial charge in [0.2, 0.25) is 5.91 Å². The van der Waals surface area contributed by atoms with Gasteiger partial charge < -0.3 is 19.9 Å². The Balaban J connectivity index is 1.49. The fourth-order valence-electron chi connectivity index (χ4n) is 4.13. The molecule has 7 heteroatoms. The zero-order valence-corrected chi connectivity index (χ0v) is 18.0. The Morgan fingerprint density at radius 1 is 1.32 bits per heavy atom. The summed E-state index contributed by atoms with van der Waals surface area (Å²) in [4.78, 5) is 34.6. The van der Waals surface area contributed by atoms with Crippen molar-refractivity contribution in [2.45, 2.75) is 44.4 Å². The topological polar surface area (TPSA) is 87.3 Å². The third-order valence-corrected chi connectivity index (χ3v) is 6.17. The number of nitrogens with one attached hydrogen (secondary N) is 2. The molecule has 1 aromatic carbocycles. The number of hydrogen-bond donors (Lipinski definition) is 2. The lowest BCUT2D eigenvalue weighted by atomic mass is 9.96. The Kier molecular flexibility index (Phi) is 5.78. The highest BCUT2D eigenvalue weighted by molar-refractivity contribution is 5.99. The molecule has 1 aromatic heterocycles. The number of likely N-dealkylation sites (tertiary alicyclic amines) is 1. The van der Waals surface area contributed by atoms with Crippen molar-refractivity contribution < 1.29 is 14.3 Å². The van der Waals surface area contributed by atoms with Gasteiger partial charge in [0.05, 0.1) is 36.0 Å². The molecule has 2 saturated heterocycles. The molecule has 31 heavy (non-hydrogen) atoms. The SMILES string of the molecule is C=C1OC(c2ccc(-c3cnc(C4CCCN4C(=O)C(C)NC)[nH]3)cc2)CC(=O)C1=C. The van der Waals surface area contributed by atoms with Crippen LogP contribution >= 0.6 is 0 Å². The Labute approximate surface area is 182 Å². The number of carbonyl (C=O) groups excluding carboxylic acids is 2. The monoisotopic (exact) mass is 420 g/mol. The minimum atomic E-state index is -0.343. The van der Waals surface area contributed by atoms with Crippen LogP contribution in [0.25, 0.3) is 11.3 Å². The van der Waals surface area contributed by atoms with Gasteiger partial charge in [0.1, 0.15) is 17.7 Å². The van der Waals surface area contributed by atoms with Gasteiger partial charge in [0.25, 0.3) is 0 Å². The van der Waals surface area contributed by atoms with Crippen LogP contribution in [-0.4, -0.2) is 46.2 Å². The first-order valence-corrected chi connectivity index (χ1v) is 10.6. The highest BCUT2D eigenvalue weighted by Crippen LogP contribution is 2.35.